The third-order valence-corrected chi connectivity index (χ3v) is 3.25. The summed E-state index contributed by atoms with van der Waals surface area (Å²) >= 11 is 0. The summed E-state index contributed by atoms with van der Waals surface area (Å²) < 4.78 is 0. The van der Waals surface area contributed by atoms with E-state index in [4.69, 9.17) is 5.11 Å². The van der Waals surface area contributed by atoms with E-state index in [2.05, 4.69) is 15.5 Å². The molecule has 20 heavy (non-hydrogen) atoms. The molecular weight excluding hydrogens is 260 g/mol. The van der Waals surface area contributed by atoms with Crippen LogP contribution in [0.4, 0.5) is 4.79 Å². The lowest BCUT2D eigenvalue weighted by Gasteiger charge is -2.20. The summed E-state index contributed by atoms with van der Waals surface area (Å²) in [5.41, 5.74) is 0. The fraction of sp³-hybridized carbons (Fsp3) is 0.846. The van der Waals surface area contributed by atoms with Gasteiger partial charge in [-0.05, 0) is 25.9 Å². The number of nitrogens with zero attached hydrogens (tertiary/aromatic N) is 2. The Morgan fingerprint density at radius 3 is 2.55 bits per heavy atom. The monoisotopic (exact) mass is 286 g/mol. The summed E-state index contributed by atoms with van der Waals surface area (Å²) in [6.45, 7) is 7.02. The zero-order valence-corrected chi connectivity index (χ0v) is 12.2. The second-order valence-electron chi connectivity index (χ2n) is 5.00. The van der Waals surface area contributed by atoms with E-state index in [1.165, 1.54) is 0 Å². The molecule has 3 amide bonds. The van der Waals surface area contributed by atoms with Crippen molar-refractivity contribution in [2.45, 2.75) is 19.8 Å². The molecule has 1 rings (SSSR count). The number of imide groups is 1. The number of hydrogen-bond donors (Lipinski definition) is 3. The molecule has 0 atom stereocenters. The standard InChI is InChI=1S/C13H26N4O3/c1-2-4-14-13(20)15-12(19)11-17-6-3-5-16(7-8-17)9-10-18/h18H,2-11H2,1H3,(H2,14,15,19,20). The Morgan fingerprint density at radius 1 is 1.15 bits per heavy atom. The van der Waals surface area contributed by atoms with Gasteiger partial charge in [0.1, 0.15) is 0 Å². The van der Waals surface area contributed by atoms with Gasteiger partial charge in [0.15, 0.2) is 0 Å². The Labute approximate surface area is 120 Å². The molecule has 3 N–H and O–H groups in total. The van der Waals surface area contributed by atoms with Crippen LogP contribution in [0, 0.1) is 0 Å². The van der Waals surface area contributed by atoms with Gasteiger partial charge in [0.2, 0.25) is 5.91 Å². The molecular formula is C13H26N4O3. The number of rotatable bonds is 6. The number of β-amino-alcohol motifs (C(OH)–C–C–N with tert-alkyl or cyclic N) is 1. The summed E-state index contributed by atoms with van der Waals surface area (Å²) in [5, 5.41) is 13.9. The number of carbonyl (C=O) groups is 2. The normalized spacial score (nSPS) is 17.5. The van der Waals surface area contributed by atoms with Crippen molar-refractivity contribution >= 4 is 11.9 Å². The highest BCUT2D eigenvalue weighted by Crippen LogP contribution is 2.02. The van der Waals surface area contributed by atoms with Gasteiger partial charge >= 0.3 is 6.03 Å². The molecule has 0 unspecified atom stereocenters. The minimum absolute atomic E-state index is 0.165. The molecule has 1 aliphatic rings. The lowest BCUT2D eigenvalue weighted by molar-refractivity contribution is -0.121. The molecule has 0 radical (unpaired) electrons. The third kappa shape index (κ3) is 6.83. The van der Waals surface area contributed by atoms with Crippen LogP contribution >= 0.6 is 0 Å². The van der Waals surface area contributed by atoms with Gasteiger partial charge in [-0.1, -0.05) is 6.92 Å². The summed E-state index contributed by atoms with van der Waals surface area (Å²) in [4.78, 5) is 27.3. The molecule has 1 heterocycles. The van der Waals surface area contributed by atoms with E-state index in [1.807, 2.05) is 11.8 Å². The summed E-state index contributed by atoms with van der Waals surface area (Å²) in [5.74, 6) is -0.269. The van der Waals surface area contributed by atoms with Crippen molar-refractivity contribution in [2.24, 2.45) is 0 Å². The SMILES string of the molecule is CCCNC(=O)NC(=O)CN1CCCN(CCO)CC1. The first-order valence-electron chi connectivity index (χ1n) is 7.29. The van der Waals surface area contributed by atoms with Crippen molar-refractivity contribution in [3.63, 3.8) is 0 Å². The molecule has 0 saturated carbocycles. The Morgan fingerprint density at radius 2 is 1.85 bits per heavy atom. The number of nitrogens with one attached hydrogen (secondary N) is 2. The van der Waals surface area contributed by atoms with E-state index in [1.54, 1.807) is 0 Å². The van der Waals surface area contributed by atoms with Crippen molar-refractivity contribution in [3.8, 4) is 0 Å². The van der Waals surface area contributed by atoms with Gasteiger partial charge in [-0.2, -0.15) is 0 Å². The maximum absolute atomic E-state index is 11.7. The molecule has 7 nitrogen and oxygen atoms in total. The molecule has 1 saturated heterocycles. The zero-order valence-electron chi connectivity index (χ0n) is 12.2. The number of urea groups is 1. The lowest BCUT2D eigenvalue weighted by Crippen LogP contribution is -2.45. The van der Waals surface area contributed by atoms with Crippen LogP contribution in [0.5, 0.6) is 0 Å². The van der Waals surface area contributed by atoms with Crippen molar-refractivity contribution < 1.29 is 14.7 Å². The maximum Gasteiger partial charge on any atom is 0.321 e. The zero-order chi connectivity index (χ0) is 14.8. The highest BCUT2D eigenvalue weighted by molar-refractivity contribution is 5.95. The molecule has 0 spiro atoms. The molecule has 0 aromatic heterocycles. The predicted octanol–water partition coefficient (Wildman–Crippen LogP) is -0.778. The van der Waals surface area contributed by atoms with Gasteiger partial charge in [-0.15, -0.1) is 0 Å². The van der Waals surface area contributed by atoms with Gasteiger partial charge in [0.25, 0.3) is 0 Å². The number of amides is 3. The van der Waals surface area contributed by atoms with Gasteiger partial charge in [0.05, 0.1) is 13.2 Å². The van der Waals surface area contributed by atoms with E-state index >= 15 is 0 Å². The summed E-state index contributed by atoms with van der Waals surface area (Å²) in [6, 6.07) is -0.423. The molecule has 7 heteroatoms. The highest BCUT2D eigenvalue weighted by Gasteiger charge is 2.17. The topological polar surface area (TPSA) is 84.9 Å². The van der Waals surface area contributed by atoms with E-state index in [9.17, 15) is 9.59 Å². The molecule has 1 aliphatic heterocycles. The number of carbonyl (C=O) groups excluding carboxylic acids is 2. The van der Waals surface area contributed by atoms with Gasteiger partial charge in [-0.3, -0.25) is 19.9 Å². The Balaban J connectivity index is 2.26. The fourth-order valence-corrected chi connectivity index (χ4v) is 2.20. The molecule has 0 bridgehead atoms. The maximum atomic E-state index is 11.7. The van der Waals surface area contributed by atoms with Crippen molar-refractivity contribution in [1.82, 2.24) is 20.4 Å². The quantitative estimate of drug-likeness (QED) is 0.596. The highest BCUT2D eigenvalue weighted by atomic mass is 16.3. The van der Waals surface area contributed by atoms with Gasteiger partial charge < -0.3 is 10.4 Å². The van der Waals surface area contributed by atoms with Gasteiger partial charge in [0, 0.05) is 26.2 Å². The van der Waals surface area contributed by atoms with Crippen LogP contribution in [-0.2, 0) is 4.79 Å². The third-order valence-electron chi connectivity index (χ3n) is 3.25. The average Bonchev–Trinajstić information content (AvgIpc) is 2.62. The van der Waals surface area contributed by atoms with E-state index < -0.39 is 6.03 Å². The van der Waals surface area contributed by atoms with Crippen LogP contribution in [-0.4, -0.2) is 79.3 Å². The first kappa shape index (κ1) is 16.9. The van der Waals surface area contributed by atoms with Crippen LogP contribution in [0.15, 0.2) is 0 Å². The summed E-state index contributed by atoms with van der Waals surface area (Å²) in [7, 11) is 0. The molecule has 1 fully saturated rings. The van der Waals surface area contributed by atoms with E-state index in [0.717, 1.165) is 39.0 Å². The minimum atomic E-state index is -0.423. The van der Waals surface area contributed by atoms with Crippen LogP contribution in [0.25, 0.3) is 0 Å². The largest absolute Gasteiger partial charge is 0.395 e. The number of aliphatic hydroxyl groups excluding tert-OH is 1. The van der Waals surface area contributed by atoms with Crippen molar-refractivity contribution in [2.75, 3.05) is 52.4 Å². The van der Waals surface area contributed by atoms with Crippen molar-refractivity contribution in [3.05, 3.63) is 0 Å². The fourth-order valence-electron chi connectivity index (χ4n) is 2.20. The molecule has 0 aromatic rings. The number of aliphatic hydroxyl groups is 1. The minimum Gasteiger partial charge on any atom is -0.395 e. The smallest absolute Gasteiger partial charge is 0.321 e. The van der Waals surface area contributed by atoms with Crippen LogP contribution in [0.1, 0.15) is 19.8 Å². The first-order chi connectivity index (χ1) is 9.65. The predicted molar refractivity (Wildman–Crippen MR) is 76.4 cm³/mol. The Hall–Kier alpha value is -1.18. The first-order valence-corrected chi connectivity index (χ1v) is 7.29. The average molecular weight is 286 g/mol. The van der Waals surface area contributed by atoms with Crippen LogP contribution in [0.3, 0.4) is 0 Å². The van der Waals surface area contributed by atoms with Gasteiger partial charge in [-0.25, -0.2) is 4.79 Å². The molecule has 0 aliphatic carbocycles. The molecule has 116 valence electrons. The second kappa shape index (κ2) is 9.68. The van der Waals surface area contributed by atoms with E-state index in [-0.39, 0.29) is 19.1 Å². The van der Waals surface area contributed by atoms with Crippen molar-refractivity contribution in [1.29, 1.82) is 0 Å². The van der Waals surface area contributed by atoms with Crippen LogP contribution in [0.2, 0.25) is 0 Å². The van der Waals surface area contributed by atoms with Crippen LogP contribution < -0.4 is 10.6 Å². The number of hydrogen-bond acceptors (Lipinski definition) is 5. The van der Waals surface area contributed by atoms with E-state index in [0.29, 0.717) is 13.1 Å². The lowest BCUT2D eigenvalue weighted by atomic mass is 10.3. The molecule has 0 aromatic carbocycles. The second-order valence-corrected chi connectivity index (χ2v) is 5.00. The summed E-state index contributed by atoms with van der Waals surface area (Å²) in [6.07, 6.45) is 1.81. The Bertz CT molecular complexity index is 312. The Kier molecular flexibility index (Phi) is 8.17.